The molecule has 0 spiro atoms. The van der Waals surface area contributed by atoms with Gasteiger partial charge in [-0.3, -0.25) is 10.2 Å². The molecule has 5 heteroatoms. The normalized spacial score (nSPS) is 10.2. The molecule has 0 radical (unpaired) electrons. The van der Waals surface area contributed by atoms with Crippen LogP contribution < -0.4 is 5.43 Å². The van der Waals surface area contributed by atoms with Crippen molar-refractivity contribution in [2.24, 2.45) is 0 Å². The van der Waals surface area contributed by atoms with E-state index < -0.39 is 0 Å². The minimum Gasteiger partial charge on any atom is -0.284 e. The molecule has 0 aliphatic heterocycles. The van der Waals surface area contributed by atoms with E-state index in [1.807, 2.05) is 0 Å². The number of carbonyl (C=O) groups is 1. The maximum Gasteiger partial charge on any atom is 0.284 e. The summed E-state index contributed by atoms with van der Waals surface area (Å²) >= 11 is 3.19. The number of aromatic nitrogens is 1. The van der Waals surface area contributed by atoms with E-state index in [0.29, 0.717) is 10.3 Å². The molecule has 4 nitrogen and oxygen atoms in total. The van der Waals surface area contributed by atoms with Gasteiger partial charge in [-0.25, -0.2) is 9.99 Å². The zero-order chi connectivity index (χ0) is 9.84. The monoisotopic (exact) mass is 243 g/mol. The van der Waals surface area contributed by atoms with Crippen LogP contribution in [0.4, 0.5) is 0 Å². The Balaban J connectivity index is 2.77. The maximum absolute atomic E-state index is 11.4. The van der Waals surface area contributed by atoms with Gasteiger partial charge < -0.3 is 0 Å². The summed E-state index contributed by atoms with van der Waals surface area (Å²) in [5, 5.41) is 1.57. The summed E-state index contributed by atoms with van der Waals surface area (Å²) in [6, 6.07) is 5.19. The second kappa shape index (κ2) is 4.34. The summed E-state index contributed by atoms with van der Waals surface area (Å²) < 4.78 is 0.652. The molecule has 70 valence electrons. The van der Waals surface area contributed by atoms with E-state index in [0.717, 1.165) is 0 Å². The second-order valence-corrected chi connectivity index (χ2v) is 3.49. The van der Waals surface area contributed by atoms with Gasteiger partial charge in [0.2, 0.25) is 0 Å². The Bertz CT molecular complexity index is 314. The Morgan fingerprint density at radius 1 is 1.54 bits per heavy atom. The molecule has 1 heterocycles. The smallest absolute Gasteiger partial charge is 0.284 e. The molecule has 0 fully saturated rings. The van der Waals surface area contributed by atoms with Crippen LogP contribution in [0.1, 0.15) is 10.5 Å². The van der Waals surface area contributed by atoms with Gasteiger partial charge >= 0.3 is 0 Å². The maximum atomic E-state index is 11.4. The standard InChI is InChI=1S/C8H10BrN3O/c1-12(2)11-8(13)6-4-3-5-7(9)10-6/h3-5H,1-2H3,(H,11,13). The third-order valence-electron chi connectivity index (χ3n) is 1.27. The molecule has 0 saturated carbocycles. The molecule has 1 rings (SSSR count). The fraction of sp³-hybridized carbons (Fsp3) is 0.250. The predicted octanol–water partition coefficient (Wildman–Crippen LogP) is 1.05. The molecule has 1 aromatic heterocycles. The Hall–Kier alpha value is -0.940. The molecule has 0 unspecified atom stereocenters. The molecule has 1 N–H and O–H groups in total. The van der Waals surface area contributed by atoms with E-state index in [1.165, 1.54) is 0 Å². The van der Waals surface area contributed by atoms with E-state index >= 15 is 0 Å². The summed E-state index contributed by atoms with van der Waals surface area (Å²) in [5.41, 5.74) is 2.99. The number of amides is 1. The highest BCUT2D eigenvalue weighted by Crippen LogP contribution is 2.05. The van der Waals surface area contributed by atoms with Crippen molar-refractivity contribution in [3.05, 3.63) is 28.5 Å². The number of hydrazine groups is 1. The highest BCUT2D eigenvalue weighted by Gasteiger charge is 2.06. The van der Waals surface area contributed by atoms with E-state index in [-0.39, 0.29) is 5.91 Å². The third kappa shape index (κ3) is 3.12. The number of hydrogen-bond acceptors (Lipinski definition) is 3. The van der Waals surface area contributed by atoms with Gasteiger partial charge in [0.05, 0.1) is 0 Å². The number of carbonyl (C=O) groups excluding carboxylic acids is 1. The molecule has 1 aromatic rings. The highest BCUT2D eigenvalue weighted by molar-refractivity contribution is 9.10. The lowest BCUT2D eigenvalue weighted by atomic mass is 10.3. The lowest BCUT2D eigenvalue weighted by Gasteiger charge is -2.10. The number of nitrogens with zero attached hydrogens (tertiary/aromatic N) is 2. The van der Waals surface area contributed by atoms with Crippen molar-refractivity contribution in [3.63, 3.8) is 0 Å². The fourth-order valence-electron chi connectivity index (χ4n) is 0.795. The van der Waals surface area contributed by atoms with Gasteiger partial charge in [0.25, 0.3) is 5.91 Å². The first-order valence-corrected chi connectivity index (χ1v) is 4.50. The van der Waals surface area contributed by atoms with Crippen LogP contribution in [-0.4, -0.2) is 30.0 Å². The molecule has 0 aliphatic rings. The zero-order valence-corrected chi connectivity index (χ0v) is 9.00. The van der Waals surface area contributed by atoms with Crippen molar-refractivity contribution in [3.8, 4) is 0 Å². The third-order valence-corrected chi connectivity index (χ3v) is 1.71. The Kier molecular flexibility index (Phi) is 3.39. The van der Waals surface area contributed by atoms with Crippen LogP contribution in [0, 0.1) is 0 Å². The first kappa shape index (κ1) is 10.1. The number of rotatable bonds is 2. The lowest BCUT2D eigenvalue weighted by Crippen LogP contribution is -2.36. The molecular formula is C8H10BrN3O. The van der Waals surface area contributed by atoms with Gasteiger partial charge in [-0.05, 0) is 28.1 Å². The van der Waals surface area contributed by atoms with Crippen molar-refractivity contribution in [2.75, 3.05) is 14.1 Å². The van der Waals surface area contributed by atoms with Crippen molar-refractivity contribution in [2.45, 2.75) is 0 Å². The number of halogens is 1. The van der Waals surface area contributed by atoms with Crippen LogP contribution >= 0.6 is 15.9 Å². The quantitative estimate of drug-likeness (QED) is 0.624. The van der Waals surface area contributed by atoms with Crippen molar-refractivity contribution in [1.29, 1.82) is 0 Å². The van der Waals surface area contributed by atoms with Gasteiger partial charge in [0.15, 0.2) is 0 Å². The summed E-state index contributed by atoms with van der Waals surface area (Å²) in [5.74, 6) is -0.216. The SMILES string of the molecule is CN(C)NC(=O)c1cccc(Br)n1. The van der Waals surface area contributed by atoms with Crippen molar-refractivity contribution >= 4 is 21.8 Å². The van der Waals surface area contributed by atoms with E-state index in [1.54, 1.807) is 37.3 Å². The van der Waals surface area contributed by atoms with Crippen molar-refractivity contribution in [1.82, 2.24) is 15.4 Å². The first-order chi connectivity index (χ1) is 6.09. The van der Waals surface area contributed by atoms with E-state index in [9.17, 15) is 4.79 Å². The number of pyridine rings is 1. The van der Waals surface area contributed by atoms with Crippen molar-refractivity contribution < 1.29 is 4.79 Å². The van der Waals surface area contributed by atoms with Gasteiger partial charge in [0, 0.05) is 14.1 Å². The molecular weight excluding hydrogens is 234 g/mol. The largest absolute Gasteiger partial charge is 0.284 e. The van der Waals surface area contributed by atoms with Crippen LogP contribution in [-0.2, 0) is 0 Å². The molecule has 13 heavy (non-hydrogen) atoms. The van der Waals surface area contributed by atoms with Crippen LogP contribution in [0.25, 0.3) is 0 Å². The average molecular weight is 244 g/mol. The molecule has 0 bridgehead atoms. The minimum absolute atomic E-state index is 0.216. The Morgan fingerprint density at radius 3 is 2.77 bits per heavy atom. The van der Waals surface area contributed by atoms with Crippen LogP contribution in [0.3, 0.4) is 0 Å². The summed E-state index contributed by atoms with van der Waals surface area (Å²) in [7, 11) is 3.49. The van der Waals surface area contributed by atoms with Crippen LogP contribution in [0.5, 0.6) is 0 Å². The Labute approximate surface area is 85.1 Å². The Morgan fingerprint density at radius 2 is 2.23 bits per heavy atom. The van der Waals surface area contributed by atoms with E-state index in [4.69, 9.17) is 0 Å². The predicted molar refractivity (Wildman–Crippen MR) is 53.1 cm³/mol. The average Bonchev–Trinajstić information content (AvgIpc) is 2.03. The molecule has 0 saturated heterocycles. The summed E-state index contributed by atoms with van der Waals surface area (Å²) in [4.78, 5) is 15.4. The molecule has 0 atom stereocenters. The number of nitrogens with one attached hydrogen (secondary N) is 1. The molecule has 1 amide bonds. The highest BCUT2D eigenvalue weighted by atomic mass is 79.9. The lowest BCUT2D eigenvalue weighted by molar-refractivity contribution is 0.0851. The first-order valence-electron chi connectivity index (χ1n) is 3.70. The second-order valence-electron chi connectivity index (χ2n) is 2.68. The summed E-state index contributed by atoms with van der Waals surface area (Å²) in [6.45, 7) is 0. The topological polar surface area (TPSA) is 45.2 Å². The van der Waals surface area contributed by atoms with Crippen LogP contribution in [0.15, 0.2) is 22.8 Å². The molecule has 0 aromatic carbocycles. The van der Waals surface area contributed by atoms with E-state index in [2.05, 4.69) is 26.3 Å². The van der Waals surface area contributed by atoms with Gasteiger partial charge in [-0.15, -0.1) is 0 Å². The fourth-order valence-corrected chi connectivity index (χ4v) is 1.14. The zero-order valence-electron chi connectivity index (χ0n) is 7.41. The van der Waals surface area contributed by atoms with Gasteiger partial charge in [0.1, 0.15) is 10.3 Å². The minimum atomic E-state index is -0.216. The van der Waals surface area contributed by atoms with Gasteiger partial charge in [-0.1, -0.05) is 6.07 Å². The number of hydrogen-bond donors (Lipinski definition) is 1. The summed E-state index contributed by atoms with van der Waals surface area (Å²) in [6.07, 6.45) is 0. The van der Waals surface area contributed by atoms with Crippen LogP contribution in [0.2, 0.25) is 0 Å². The molecule has 0 aliphatic carbocycles. The van der Waals surface area contributed by atoms with Gasteiger partial charge in [-0.2, -0.15) is 0 Å².